The summed E-state index contributed by atoms with van der Waals surface area (Å²) in [5.74, 6) is 0.630. The maximum atomic E-state index is 10.6. The molecule has 0 fully saturated rings. The van der Waals surface area contributed by atoms with E-state index < -0.39 is 6.23 Å². The van der Waals surface area contributed by atoms with Crippen LogP contribution in [0.2, 0.25) is 0 Å². The standard InChI is InChI=1S/C31H24N8O/c40-27(14-19-4-2-1-3-5-19)35-23-15-22(17-33-18-23)21-6-7-26-25(16-21)29(39-38-26)31-36-28-24(10-13-34-30(28)37-31)20-8-11-32-12-9-20/h1-13,15-18,27,35,40H,14H2,(H,38,39)(H,34,36,37). The zero-order chi connectivity index (χ0) is 26.9. The van der Waals surface area contributed by atoms with Crippen LogP contribution in [0.25, 0.3) is 55.8 Å². The third-order valence-electron chi connectivity index (χ3n) is 6.85. The van der Waals surface area contributed by atoms with Gasteiger partial charge in [0.1, 0.15) is 11.9 Å². The lowest BCUT2D eigenvalue weighted by molar-refractivity contribution is 0.204. The van der Waals surface area contributed by atoms with Crippen LogP contribution in [-0.2, 0) is 6.42 Å². The number of aromatic amines is 2. The van der Waals surface area contributed by atoms with Gasteiger partial charge in [-0.3, -0.25) is 15.1 Å². The average molecular weight is 525 g/mol. The first-order chi connectivity index (χ1) is 19.7. The molecular weight excluding hydrogens is 500 g/mol. The van der Waals surface area contributed by atoms with Gasteiger partial charge in [-0.1, -0.05) is 36.4 Å². The number of benzene rings is 2. The highest BCUT2D eigenvalue weighted by Gasteiger charge is 2.16. The Morgan fingerprint density at radius 1 is 0.825 bits per heavy atom. The van der Waals surface area contributed by atoms with E-state index in [1.807, 2.05) is 72.9 Å². The second-order valence-corrected chi connectivity index (χ2v) is 9.52. The Morgan fingerprint density at radius 2 is 1.70 bits per heavy atom. The second-order valence-electron chi connectivity index (χ2n) is 9.52. The number of nitrogens with one attached hydrogen (secondary N) is 3. The van der Waals surface area contributed by atoms with Gasteiger partial charge in [-0.25, -0.2) is 9.97 Å². The smallest absolute Gasteiger partial charge is 0.178 e. The summed E-state index contributed by atoms with van der Waals surface area (Å²) < 4.78 is 0. The van der Waals surface area contributed by atoms with Gasteiger partial charge in [-0.05, 0) is 53.1 Å². The van der Waals surface area contributed by atoms with Crippen molar-refractivity contribution in [2.24, 2.45) is 0 Å². The number of pyridine rings is 3. The summed E-state index contributed by atoms with van der Waals surface area (Å²) >= 11 is 0. The SMILES string of the molecule is OC(Cc1ccccc1)Nc1cncc(-c2ccc3[nH]nc(-c4nc5nccc(-c6ccncc6)c5[nH]4)c3c2)c1. The van der Waals surface area contributed by atoms with Crippen LogP contribution in [-0.4, -0.2) is 46.5 Å². The van der Waals surface area contributed by atoms with E-state index in [1.54, 1.807) is 24.8 Å². The van der Waals surface area contributed by atoms with Crippen molar-refractivity contribution in [3.05, 3.63) is 109 Å². The number of nitrogens with zero attached hydrogens (tertiary/aromatic N) is 5. The Morgan fingerprint density at radius 3 is 2.58 bits per heavy atom. The molecule has 9 nitrogen and oxygen atoms in total. The summed E-state index contributed by atoms with van der Waals surface area (Å²) in [4.78, 5) is 21.2. The number of hydrogen-bond donors (Lipinski definition) is 4. The normalized spacial score (nSPS) is 12.1. The zero-order valence-corrected chi connectivity index (χ0v) is 21.3. The highest BCUT2D eigenvalue weighted by molar-refractivity contribution is 5.97. The lowest BCUT2D eigenvalue weighted by Gasteiger charge is -2.15. The predicted molar refractivity (Wildman–Crippen MR) is 155 cm³/mol. The molecule has 7 rings (SSSR count). The summed E-state index contributed by atoms with van der Waals surface area (Å²) in [5, 5.41) is 22.3. The number of anilines is 1. The van der Waals surface area contributed by atoms with Gasteiger partial charge in [0.15, 0.2) is 11.5 Å². The molecule has 5 heterocycles. The van der Waals surface area contributed by atoms with Crippen molar-refractivity contribution in [2.75, 3.05) is 5.32 Å². The van der Waals surface area contributed by atoms with Gasteiger partial charge in [-0.2, -0.15) is 5.10 Å². The Balaban J connectivity index is 1.21. The summed E-state index contributed by atoms with van der Waals surface area (Å²) in [5.41, 5.74) is 8.75. The molecular formula is C31H24N8O. The van der Waals surface area contributed by atoms with Gasteiger partial charge >= 0.3 is 0 Å². The minimum atomic E-state index is -0.735. The summed E-state index contributed by atoms with van der Waals surface area (Å²) in [6.07, 6.45) is 8.57. The van der Waals surface area contributed by atoms with E-state index in [4.69, 9.17) is 4.98 Å². The average Bonchev–Trinajstić information content (AvgIpc) is 3.62. The fourth-order valence-electron chi connectivity index (χ4n) is 4.93. The van der Waals surface area contributed by atoms with E-state index in [1.165, 1.54) is 0 Å². The van der Waals surface area contributed by atoms with Crippen LogP contribution < -0.4 is 5.32 Å². The number of H-pyrrole nitrogens is 2. The van der Waals surface area contributed by atoms with Crippen molar-refractivity contribution < 1.29 is 5.11 Å². The van der Waals surface area contributed by atoms with Crippen molar-refractivity contribution in [3.63, 3.8) is 0 Å². The topological polar surface area (TPSA) is 128 Å². The first-order valence-electron chi connectivity index (χ1n) is 12.9. The maximum Gasteiger partial charge on any atom is 0.178 e. The molecule has 0 aliphatic carbocycles. The molecule has 40 heavy (non-hydrogen) atoms. The Bertz CT molecular complexity index is 1930. The molecule has 5 aromatic heterocycles. The van der Waals surface area contributed by atoms with Crippen LogP contribution in [0, 0.1) is 0 Å². The minimum Gasteiger partial charge on any atom is -0.373 e. The van der Waals surface area contributed by atoms with Crippen LogP contribution in [0.4, 0.5) is 5.69 Å². The predicted octanol–water partition coefficient (Wildman–Crippen LogP) is 5.60. The molecule has 194 valence electrons. The lowest BCUT2D eigenvalue weighted by atomic mass is 10.0. The quantitative estimate of drug-likeness (QED) is 0.200. The second kappa shape index (κ2) is 10.0. The number of aliphatic hydroxyl groups excluding tert-OH is 1. The number of fused-ring (bicyclic) bond motifs is 2. The van der Waals surface area contributed by atoms with Crippen LogP contribution in [0.3, 0.4) is 0 Å². The van der Waals surface area contributed by atoms with Crippen LogP contribution in [0.5, 0.6) is 0 Å². The van der Waals surface area contributed by atoms with E-state index in [2.05, 4.69) is 41.5 Å². The molecule has 0 saturated carbocycles. The van der Waals surface area contributed by atoms with E-state index in [0.717, 1.165) is 49.9 Å². The van der Waals surface area contributed by atoms with Crippen molar-refractivity contribution in [1.82, 2.24) is 35.1 Å². The lowest BCUT2D eigenvalue weighted by Crippen LogP contribution is -2.21. The highest BCUT2D eigenvalue weighted by Crippen LogP contribution is 2.32. The van der Waals surface area contributed by atoms with Crippen molar-refractivity contribution in [3.8, 4) is 33.8 Å². The Hall–Kier alpha value is -5.41. The minimum absolute atomic E-state index is 0.491. The summed E-state index contributed by atoms with van der Waals surface area (Å²) in [6, 6.07) is 23.8. The third kappa shape index (κ3) is 4.55. The molecule has 7 aromatic rings. The van der Waals surface area contributed by atoms with E-state index in [0.29, 0.717) is 23.6 Å². The molecule has 4 N–H and O–H groups in total. The number of aromatic nitrogens is 7. The molecule has 0 aliphatic heterocycles. The first kappa shape index (κ1) is 23.7. The summed E-state index contributed by atoms with van der Waals surface area (Å²) in [6.45, 7) is 0. The van der Waals surface area contributed by atoms with Gasteiger partial charge < -0.3 is 15.4 Å². The third-order valence-corrected chi connectivity index (χ3v) is 6.85. The van der Waals surface area contributed by atoms with Gasteiger partial charge in [-0.15, -0.1) is 0 Å². The van der Waals surface area contributed by atoms with Crippen molar-refractivity contribution >= 4 is 27.8 Å². The van der Waals surface area contributed by atoms with Crippen molar-refractivity contribution in [1.29, 1.82) is 0 Å². The molecule has 0 amide bonds. The molecule has 0 bridgehead atoms. The van der Waals surface area contributed by atoms with Crippen LogP contribution in [0.15, 0.2) is 104 Å². The molecule has 0 aliphatic rings. The molecule has 0 radical (unpaired) electrons. The zero-order valence-electron chi connectivity index (χ0n) is 21.3. The fourth-order valence-corrected chi connectivity index (χ4v) is 4.93. The molecule has 2 aromatic carbocycles. The van der Waals surface area contributed by atoms with Gasteiger partial charge in [0.25, 0.3) is 0 Å². The fraction of sp³-hybridized carbons (Fsp3) is 0.0645. The van der Waals surface area contributed by atoms with E-state index in [-0.39, 0.29) is 0 Å². The van der Waals surface area contributed by atoms with E-state index >= 15 is 0 Å². The van der Waals surface area contributed by atoms with E-state index in [9.17, 15) is 5.11 Å². The maximum absolute atomic E-state index is 10.6. The molecule has 1 atom stereocenters. The molecule has 9 heteroatoms. The van der Waals surface area contributed by atoms with Crippen molar-refractivity contribution in [2.45, 2.75) is 12.6 Å². The number of imidazole rings is 1. The van der Waals surface area contributed by atoms with Gasteiger partial charge in [0.2, 0.25) is 0 Å². The number of rotatable bonds is 7. The largest absolute Gasteiger partial charge is 0.373 e. The van der Waals surface area contributed by atoms with Crippen LogP contribution >= 0.6 is 0 Å². The molecule has 0 spiro atoms. The van der Waals surface area contributed by atoms with Crippen LogP contribution in [0.1, 0.15) is 5.56 Å². The molecule has 0 saturated heterocycles. The Labute approximate surface area is 229 Å². The molecule has 1 unspecified atom stereocenters. The van der Waals surface area contributed by atoms with Gasteiger partial charge in [0.05, 0.1) is 22.9 Å². The Kier molecular flexibility index (Phi) is 5.95. The first-order valence-corrected chi connectivity index (χ1v) is 12.9. The van der Waals surface area contributed by atoms with Gasteiger partial charge in [0, 0.05) is 47.7 Å². The number of aliphatic hydroxyl groups is 1. The monoisotopic (exact) mass is 524 g/mol. The number of hydrogen-bond acceptors (Lipinski definition) is 7. The highest BCUT2D eigenvalue weighted by atomic mass is 16.3. The summed E-state index contributed by atoms with van der Waals surface area (Å²) in [7, 11) is 0.